The maximum atomic E-state index is 13.4. The number of nitrogens with one attached hydrogen (secondary N) is 2. The molecule has 0 saturated carbocycles. The molecule has 0 aliphatic carbocycles. The predicted molar refractivity (Wildman–Crippen MR) is 148 cm³/mol. The Hall–Kier alpha value is -4.17. The van der Waals surface area contributed by atoms with Crippen molar-refractivity contribution in [1.82, 2.24) is 29.7 Å². The van der Waals surface area contributed by atoms with Crippen molar-refractivity contribution in [3.05, 3.63) is 88.5 Å². The molecule has 1 atom stereocenters. The molecule has 1 aliphatic heterocycles. The molecule has 0 fully saturated rings. The normalized spacial score (nSPS) is 16.9. The molecule has 192 valence electrons. The Balaban J connectivity index is 1.24. The molecule has 6 rings (SSSR count). The Labute approximate surface area is 224 Å². The van der Waals surface area contributed by atoms with E-state index in [9.17, 15) is 9.59 Å². The van der Waals surface area contributed by atoms with Crippen LogP contribution in [0, 0.1) is 6.92 Å². The van der Waals surface area contributed by atoms with E-state index < -0.39 is 5.54 Å². The van der Waals surface area contributed by atoms with E-state index in [1.54, 1.807) is 37.6 Å². The molecule has 0 saturated heterocycles. The van der Waals surface area contributed by atoms with Crippen LogP contribution in [0.1, 0.15) is 45.4 Å². The molecule has 0 bridgehead atoms. The molecule has 2 N–H and O–H groups in total. The van der Waals surface area contributed by atoms with Crippen molar-refractivity contribution in [2.75, 3.05) is 7.05 Å². The van der Waals surface area contributed by atoms with Gasteiger partial charge in [-0.2, -0.15) is 0 Å². The molecule has 9 heteroatoms. The maximum absolute atomic E-state index is 13.4. The molecule has 2 amide bonds. The van der Waals surface area contributed by atoms with Crippen LogP contribution in [0.25, 0.3) is 27.8 Å². The third-order valence-electron chi connectivity index (χ3n) is 7.32. The minimum atomic E-state index is -0.437. The molecule has 3 heterocycles. The lowest BCUT2D eigenvalue weighted by molar-refractivity contribution is 0.0882. The lowest BCUT2D eigenvalue weighted by atomic mass is 9.91. The van der Waals surface area contributed by atoms with Crippen molar-refractivity contribution in [3.63, 3.8) is 0 Å². The second-order valence-corrected chi connectivity index (χ2v) is 10.6. The molecule has 0 unspecified atom stereocenters. The largest absolute Gasteiger partial charge is 0.355 e. The van der Waals surface area contributed by atoms with Gasteiger partial charge in [-0.1, -0.05) is 17.7 Å². The van der Waals surface area contributed by atoms with Crippen LogP contribution >= 0.6 is 11.6 Å². The monoisotopic (exact) mass is 526 g/mol. The molecule has 0 spiro atoms. The number of carbonyl (C=O) groups is 2. The summed E-state index contributed by atoms with van der Waals surface area (Å²) in [4.78, 5) is 34.6. The summed E-state index contributed by atoms with van der Waals surface area (Å²) in [7, 11) is 1.59. The van der Waals surface area contributed by atoms with E-state index in [-0.39, 0.29) is 11.8 Å². The number of fused-ring (bicyclic) bond motifs is 4. The summed E-state index contributed by atoms with van der Waals surface area (Å²) in [5, 5.41) is 6.21. The van der Waals surface area contributed by atoms with Crippen LogP contribution in [0.2, 0.25) is 5.02 Å². The van der Waals surface area contributed by atoms with Gasteiger partial charge in [-0.15, -0.1) is 0 Å². The van der Waals surface area contributed by atoms with E-state index in [1.165, 1.54) is 5.56 Å². The fourth-order valence-corrected chi connectivity index (χ4v) is 5.52. The fraction of sp³-hybridized carbons (Fsp3) is 0.241. The van der Waals surface area contributed by atoms with Crippen LogP contribution in [-0.2, 0) is 13.0 Å². The molecule has 2 aromatic heterocycles. The van der Waals surface area contributed by atoms with Crippen LogP contribution in [0.4, 0.5) is 0 Å². The summed E-state index contributed by atoms with van der Waals surface area (Å²) in [6.07, 6.45) is 3.25. The summed E-state index contributed by atoms with van der Waals surface area (Å²) in [5.74, 6) is 0.673. The van der Waals surface area contributed by atoms with Crippen molar-refractivity contribution in [3.8, 4) is 5.69 Å². The smallest absolute Gasteiger partial charge is 0.253 e. The lowest BCUT2D eigenvalue weighted by Crippen LogP contribution is -2.51. The Bertz CT molecular complexity index is 1750. The third-order valence-corrected chi connectivity index (χ3v) is 7.63. The number of halogens is 1. The Morgan fingerprint density at radius 1 is 1.00 bits per heavy atom. The molecular weight excluding hydrogens is 500 g/mol. The van der Waals surface area contributed by atoms with E-state index in [0.29, 0.717) is 28.2 Å². The second kappa shape index (κ2) is 8.99. The number of amides is 2. The SMILES string of the molecule is CNC(=O)c1ccc2c(c1)ncn2-c1ccc(C(=O)N[C@]2(C)CCc3nc4cc(C)ccc4n3C2)c(Cl)c1. The number of rotatable bonds is 4. The van der Waals surface area contributed by atoms with Crippen LogP contribution in [0.15, 0.2) is 60.9 Å². The molecule has 5 aromatic rings. The van der Waals surface area contributed by atoms with Crippen LogP contribution < -0.4 is 10.6 Å². The topological polar surface area (TPSA) is 93.8 Å². The number of nitrogens with zero attached hydrogens (tertiary/aromatic N) is 4. The van der Waals surface area contributed by atoms with Gasteiger partial charge < -0.3 is 15.2 Å². The maximum Gasteiger partial charge on any atom is 0.253 e. The molecule has 8 nitrogen and oxygen atoms in total. The van der Waals surface area contributed by atoms with Gasteiger partial charge in [0.1, 0.15) is 12.2 Å². The zero-order chi connectivity index (χ0) is 26.6. The highest BCUT2D eigenvalue weighted by atomic mass is 35.5. The Kier molecular flexibility index (Phi) is 5.72. The number of hydrogen-bond donors (Lipinski definition) is 2. The highest BCUT2D eigenvalue weighted by Gasteiger charge is 2.33. The van der Waals surface area contributed by atoms with Gasteiger partial charge in [0.2, 0.25) is 0 Å². The fourth-order valence-electron chi connectivity index (χ4n) is 5.26. The average molecular weight is 527 g/mol. The van der Waals surface area contributed by atoms with Crippen molar-refractivity contribution < 1.29 is 9.59 Å². The summed E-state index contributed by atoms with van der Waals surface area (Å²) in [5.41, 5.74) is 6.07. The van der Waals surface area contributed by atoms with Crippen molar-refractivity contribution in [2.24, 2.45) is 0 Å². The molecule has 1 aliphatic rings. The van der Waals surface area contributed by atoms with Gasteiger partial charge in [0.05, 0.1) is 38.2 Å². The van der Waals surface area contributed by atoms with Gasteiger partial charge in [-0.05, 0) is 74.4 Å². The molecule has 38 heavy (non-hydrogen) atoms. The summed E-state index contributed by atoms with van der Waals surface area (Å²) < 4.78 is 4.09. The summed E-state index contributed by atoms with van der Waals surface area (Å²) in [6.45, 7) is 4.78. The third kappa shape index (κ3) is 4.11. The number of aromatic nitrogens is 4. The second-order valence-electron chi connectivity index (χ2n) is 10.2. The van der Waals surface area contributed by atoms with E-state index >= 15 is 0 Å². The van der Waals surface area contributed by atoms with Gasteiger partial charge >= 0.3 is 0 Å². The minimum absolute atomic E-state index is 0.168. The zero-order valence-electron chi connectivity index (χ0n) is 21.4. The van der Waals surface area contributed by atoms with Gasteiger partial charge in [0.25, 0.3) is 11.8 Å². The van der Waals surface area contributed by atoms with E-state index in [1.807, 2.05) is 16.7 Å². The Morgan fingerprint density at radius 2 is 1.82 bits per heavy atom. The molecule has 3 aromatic carbocycles. The van der Waals surface area contributed by atoms with Crippen molar-refractivity contribution in [2.45, 2.75) is 38.8 Å². The first kappa shape index (κ1) is 24.2. The first-order chi connectivity index (χ1) is 18.2. The van der Waals surface area contributed by atoms with E-state index in [0.717, 1.165) is 40.9 Å². The first-order valence-electron chi connectivity index (χ1n) is 12.5. The first-order valence-corrected chi connectivity index (χ1v) is 12.9. The van der Waals surface area contributed by atoms with Crippen molar-refractivity contribution in [1.29, 1.82) is 0 Å². The Morgan fingerprint density at radius 3 is 2.61 bits per heavy atom. The number of carbonyl (C=O) groups excluding carboxylic acids is 2. The summed E-state index contributed by atoms with van der Waals surface area (Å²) in [6, 6.07) is 17.0. The number of imidazole rings is 2. The zero-order valence-corrected chi connectivity index (χ0v) is 22.1. The number of benzene rings is 3. The highest BCUT2D eigenvalue weighted by Crippen LogP contribution is 2.30. The number of aryl methyl sites for hydroxylation is 2. The molecular formula is C29H27ClN6O2. The van der Waals surface area contributed by atoms with Gasteiger partial charge in [-0.25, -0.2) is 9.97 Å². The molecule has 0 radical (unpaired) electrons. The van der Waals surface area contributed by atoms with Crippen LogP contribution in [-0.4, -0.2) is 43.5 Å². The van der Waals surface area contributed by atoms with E-state index in [2.05, 4.69) is 52.2 Å². The average Bonchev–Trinajstić information content (AvgIpc) is 3.47. The van der Waals surface area contributed by atoms with Crippen LogP contribution in [0.5, 0.6) is 0 Å². The summed E-state index contributed by atoms with van der Waals surface area (Å²) >= 11 is 6.63. The van der Waals surface area contributed by atoms with Crippen molar-refractivity contribution >= 4 is 45.5 Å². The quantitative estimate of drug-likeness (QED) is 0.351. The van der Waals surface area contributed by atoms with E-state index in [4.69, 9.17) is 16.6 Å². The van der Waals surface area contributed by atoms with Gasteiger partial charge in [0.15, 0.2) is 0 Å². The van der Waals surface area contributed by atoms with Crippen LogP contribution in [0.3, 0.4) is 0 Å². The van der Waals surface area contributed by atoms with Gasteiger partial charge in [0, 0.05) is 31.3 Å². The highest BCUT2D eigenvalue weighted by molar-refractivity contribution is 6.34. The minimum Gasteiger partial charge on any atom is -0.355 e. The standard InChI is InChI=1S/C29H27ClN6O2/c1-17-4-8-25-23(12-17)33-26-10-11-29(2,15-35(25)26)34-28(38)20-7-6-19(14-21(20)30)36-16-32-22-13-18(27(37)31-3)5-9-24(22)36/h4-9,12-14,16H,10-11,15H2,1-3H3,(H,31,37)(H,34,38)/t29-/m1/s1. The predicted octanol–water partition coefficient (Wildman–Crippen LogP) is 4.83. The lowest BCUT2D eigenvalue weighted by Gasteiger charge is -2.35. The van der Waals surface area contributed by atoms with Gasteiger partial charge in [-0.3, -0.25) is 14.2 Å². The number of hydrogen-bond acceptors (Lipinski definition) is 4.